The molecule has 0 saturated heterocycles. The summed E-state index contributed by atoms with van der Waals surface area (Å²) in [7, 11) is 0. The highest BCUT2D eigenvalue weighted by Gasteiger charge is 2.15. The lowest BCUT2D eigenvalue weighted by Gasteiger charge is -2.06. The van der Waals surface area contributed by atoms with E-state index in [1.54, 1.807) is 12.1 Å². The monoisotopic (exact) mass is 431 g/mol. The Morgan fingerprint density at radius 2 is 1.75 bits per heavy atom. The van der Waals surface area contributed by atoms with Crippen LogP contribution in [0, 0.1) is 0 Å². The summed E-state index contributed by atoms with van der Waals surface area (Å²) in [5, 5.41) is 19.0. The lowest BCUT2D eigenvalue weighted by Crippen LogP contribution is -2.00. The molecule has 2 aromatic heterocycles. The van der Waals surface area contributed by atoms with Crippen LogP contribution in [0.2, 0.25) is 10.0 Å². The van der Waals surface area contributed by atoms with E-state index in [1.165, 1.54) is 11.8 Å². The zero-order valence-corrected chi connectivity index (χ0v) is 17.2. The van der Waals surface area contributed by atoms with Crippen molar-refractivity contribution in [1.29, 1.82) is 0 Å². The van der Waals surface area contributed by atoms with Crippen molar-refractivity contribution in [1.82, 2.24) is 25.0 Å². The van der Waals surface area contributed by atoms with E-state index >= 15 is 0 Å². The zero-order valence-electron chi connectivity index (χ0n) is 14.8. The maximum absolute atomic E-state index is 6.10. The molecule has 0 spiro atoms. The molecule has 9 heteroatoms. The Morgan fingerprint density at radius 3 is 2.50 bits per heavy atom. The molecule has 0 amide bonds. The third kappa shape index (κ3) is 4.06. The van der Waals surface area contributed by atoms with Crippen LogP contribution in [-0.4, -0.2) is 25.0 Å². The predicted molar refractivity (Wildman–Crippen MR) is 110 cm³/mol. The second-order valence-electron chi connectivity index (χ2n) is 5.86. The number of halogens is 2. The fraction of sp³-hybridized carbons (Fsp3) is 0.158. The van der Waals surface area contributed by atoms with Crippen LogP contribution in [0.5, 0.6) is 0 Å². The Kier molecular flexibility index (Phi) is 5.66. The van der Waals surface area contributed by atoms with E-state index in [2.05, 4.69) is 20.4 Å². The number of benzene rings is 2. The molecule has 0 atom stereocenters. The van der Waals surface area contributed by atoms with E-state index in [-0.39, 0.29) is 0 Å². The second-order valence-corrected chi connectivity index (χ2v) is 7.67. The lowest BCUT2D eigenvalue weighted by molar-refractivity contribution is 0.528. The molecule has 2 heterocycles. The number of hydrogen-bond acceptors (Lipinski definition) is 6. The van der Waals surface area contributed by atoms with Crippen LogP contribution in [0.3, 0.4) is 0 Å². The average Bonchev–Trinajstić information content (AvgIpc) is 3.33. The fourth-order valence-corrected chi connectivity index (χ4v) is 3.82. The van der Waals surface area contributed by atoms with Gasteiger partial charge in [0.2, 0.25) is 11.8 Å². The minimum absolute atomic E-state index is 0.462. The normalized spacial score (nSPS) is 11.1. The molecule has 0 aliphatic rings. The minimum Gasteiger partial charge on any atom is -0.420 e. The van der Waals surface area contributed by atoms with Crippen LogP contribution in [0.25, 0.3) is 22.8 Å². The molecule has 0 radical (unpaired) electrons. The largest absolute Gasteiger partial charge is 0.420 e. The Morgan fingerprint density at radius 1 is 0.929 bits per heavy atom. The Labute approximate surface area is 175 Å². The van der Waals surface area contributed by atoms with E-state index < -0.39 is 0 Å². The Balaban J connectivity index is 1.50. The van der Waals surface area contributed by atoms with Crippen LogP contribution in [0.4, 0.5) is 0 Å². The summed E-state index contributed by atoms with van der Waals surface area (Å²) in [6, 6.07) is 14.8. The molecule has 0 bridgehead atoms. The van der Waals surface area contributed by atoms with Crippen molar-refractivity contribution in [2.24, 2.45) is 0 Å². The first-order chi connectivity index (χ1) is 13.6. The summed E-state index contributed by atoms with van der Waals surface area (Å²) in [6.45, 7) is 2.78. The molecule has 2 aromatic carbocycles. The van der Waals surface area contributed by atoms with Crippen molar-refractivity contribution in [3.63, 3.8) is 0 Å². The topological polar surface area (TPSA) is 69.6 Å². The van der Waals surface area contributed by atoms with Gasteiger partial charge in [-0.2, -0.15) is 0 Å². The van der Waals surface area contributed by atoms with Crippen molar-refractivity contribution < 1.29 is 4.42 Å². The summed E-state index contributed by atoms with van der Waals surface area (Å²) in [6.07, 6.45) is 0. The SMILES string of the molecule is CCn1c(SCc2nnc(-c3ccc(Cl)cc3)o2)nnc1-c1cccc(Cl)c1. The van der Waals surface area contributed by atoms with Crippen molar-refractivity contribution >= 4 is 35.0 Å². The predicted octanol–water partition coefficient (Wildman–Crippen LogP) is 5.61. The van der Waals surface area contributed by atoms with E-state index in [9.17, 15) is 0 Å². The molecule has 0 aliphatic heterocycles. The van der Waals surface area contributed by atoms with E-state index in [1.807, 2.05) is 47.9 Å². The summed E-state index contributed by atoms with van der Waals surface area (Å²) in [5.41, 5.74) is 1.75. The summed E-state index contributed by atoms with van der Waals surface area (Å²) < 4.78 is 7.79. The van der Waals surface area contributed by atoms with Crippen molar-refractivity contribution in [2.75, 3.05) is 0 Å². The molecular formula is C19H15Cl2N5OS. The van der Waals surface area contributed by atoms with Gasteiger partial charge in [0.25, 0.3) is 0 Å². The number of rotatable bonds is 6. The van der Waals surface area contributed by atoms with Crippen molar-refractivity contribution in [3.05, 3.63) is 64.5 Å². The third-order valence-corrected chi connectivity index (χ3v) is 5.44. The molecule has 4 rings (SSSR count). The van der Waals surface area contributed by atoms with E-state index in [0.29, 0.717) is 27.6 Å². The van der Waals surface area contributed by atoms with Crippen LogP contribution in [0.15, 0.2) is 58.1 Å². The number of nitrogens with zero attached hydrogens (tertiary/aromatic N) is 5. The lowest BCUT2D eigenvalue weighted by atomic mass is 10.2. The summed E-state index contributed by atoms with van der Waals surface area (Å²) in [4.78, 5) is 0. The van der Waals surface area contributed by atoms with Gasteiger partial charge in [0.15, 0.2) is 11.0 Å². The van der Waals surface area contributed by atoms with Crippen molar-refractivity contribution in [3.8, 4) is 22.8 Å². The molecule has 0 saturated carbocycles. The van der Waals surface area contributed by atoms with Gasteiger partial charge in [-0.05, 0) is 43.3 Å². The quantitative estimate of drug-likeness (QED) is 0.369. The highest BCUT2D eigenvalue weighted by atomic mass is 35.5. The first kappa shape index (κ1) is 19.0. The van der Waals surface area contributed by atoms with Gasteiger partial charge >= 0.3 is 0 Å². The van der Waals surface area contributed by atoms with E-state index in [4.69, 9.17) is 27.6 Å². The Hall–Kier alpha value is -2.35. The third-order valence-electron chi connectivity index (χ3n) is 4.00. The van der Waals surface area contributed by atoms with E-state index in [0.717, 1.165) is 28.7 Å². The average molecular weight is 432 g/mol. The van der Waals surface area contributed by atoms with Gasteiger partial charge in [-0.3, -0.25) is 0 Å². The van der Waals surface area contributed by atoms with Gasteiger partial charge in [0.05, 0.1) is 5.75 Å². The minimum atomic E-state index is 0.462. The fourth-order valence-electron chi connectivity index (χ4n) is 2.67. The maximum atomic E-state index is 6.10. The first-order valence-corrected chi connectivity index (χ1v) is 10.3. The smallest absolute Gasteiger partial charge is 0.247 e. The summed E-state index contributed by atoms with van der Waals surface area (Å²) in [5.74, 6) is 2.25. The molecule has 142 valence electrons. The molecular weight excluding hydrogens is 417 g/mol. The zero-order chi connectivity index (χ0) is 19.5. The molecule has 28 heavy (non-hydrogen) atoms. The number of aromatic nitrogens is 5. The van der Waals surface area contributed by atoms with Crippen LogP contribution < -0.4 is 0 Å². The van der Waals surface area contributed by atoms with Gasteiger partial charge in [-0.25, -0.2) is 0 Å². The molecule has 0 unspecified atom stereocenters. The maximum Gasteiger partial charge on any atom is 0.247 e. The molecule has 6 nitrogen and oxygen atoms in total. The van der Waals surface area contributed by atoms with Gasteiger partial charge in [0, 0.05) is 27.7 Å². The second kappa shape index (κ2) is 8.34. The highest BCUT2D eigenvalue weighted by molar-refractivity contribution is 7.98. The molecule has 0 aliphatic carbocycles. The Bertz CT molecular complexity index is 1090. The summed E-state index contributed by atoms with van der Waals surface area (Å²) >= 11 is 13.5. The highest BCUT2D eigenvalue weighted by Crippen LogP contribution is 2.28. The van der Waals surface area contributed by atoms with Gasteiger partial charge in [-0.15, -0.1) is 20.4 Å². The molecule has 0 fully saturated rings. The van der Waals surface area contributed by atoms with Crippen LogP contribution in [-0.2, 0) is 12.3 Å². The first-order valence-electron chi connectivity index (χ1n) is 8.54. The van der Waals surface area contributed by atoms with Crippen LogP contribution in [0.1, 0.15) is 12.8 Å². The number of thioether (sulfide) groups is 1. The molecule has 4 aromatic rings. The van der Waals surface area contributed by atoms with Crippen molar-refractivity contribution in [2.45, 2.75) is 24.4 Å². The van der Waals surface area contributed by atoms with Gasteiger partial charge in [0.1, 0.15) is 0 Å². The van der Waals surface area contributed by atoms with Gasteiger partial charge < -0.3 is 8.98 Å². The van der Waals surface area contributed by atoms with Gasteiger partial charge in [-0.1, -0.05) is 47.1 Å². The number of hydrogen-bond donors (Lipinski definition) is 0. The van der Waals surface area contributed by atoms with Crippen LogP contribution >= 0.6 is 35.0 Å². The molecule has 0 N–H and O–H groups in total. The standard InChI is InChI=1S/C19H15Cl2N5OS/c1-2-26-17(13-4-3-5-15(21)10-13)23-25-19(26)28-11-16-22-24-18(27-16)12-6-8-14(20)9-7-12/h3-10H,2,11H2,1H3.